The van der Waals surface area contributed by atoms with Crippen LogP contribution >= 0.6 is 0 Å². The van der Waals surface area contributed by atoms with Gasteiger partial charge in [0.15, 0.2) is 5.78 Å². The zero-order valence-electron chi connectivity index (χ0n) is 18.5. The second-order valence-electron chi connectivity index (χ2n) is 8.59. The molecule has 1 amide bonds. The highest BCUT2D eigenvalue weighted by Crippen LogP contribution is 2.21. The van der Waals surface area contributed by atoms with E-state index < -0.39 is 10.0 Å². The monoisotopic (exact) mass is 451 g/mol. The summed E-state index contributed by atoms with van der Waals surface area (Å²) in [6.07, 6.45) is 2.44. The zero-order valence-corrected chi connectivity index (χ0v) is 19.4. The molecule has 8 nitrogen and oxygen atoms in total. The smallest absolute Gasteiger partial charge is 0.240 e. The first-order valence-corrected chi connectivity index (χ1v) is 12.4. The Morgan fingerprint density at radius 1 is 1.13 bits per heavy atom. The number of Topliss-reactive ketones (excluding diaryl/α,β-unsaturated/α-hetero) is 1. The first kappa shape index (κ1) is 23.8. The summed E-state index contributed by atoms with van der Waals surface area (Å²) in [6, 6.07) is 5.96. The molecule has 31 heavy (non-hydrogen) atoms. The molecule has 172 valence electrons. The molecule has 1 aromatic rings. The summed E-state index contributed by atoms with van der Waals surface area (Å²) in [5, 5.41) is 0. The molecule has 0 bridgehead atoms. The largest absolute Gasteiger partial charge is 0.373 e. The van der Waals surface area contributed by atoms with Crippen molar-refractivity contribution < 1.29 is 22.7 Å². The molecule has 0 radical (unpaired) electrons. The molecule has 2 saturated heterocycles. The quantitative estimate of drug-likeness (QED) is 0.604. The van der Waals surface area contributed by atoms with Gasteiger partial charge in [0.1, 0.15) is 0 Å². The Labute approximate surface area is 185 Å². The van der Waals surface area contributed by atoms with Gasteiger partial charge in [-0.3, -0.25) is 14.5 Å². The van der Waals surface area contributed by atoms with Crippen LogP contribution < -0.4 is 4.72 Å². The van der Waals surface area contributed by atoms with E-state index in [1.807, 2.05) is 4.90 Å². The third-order valence-corrected chi connectivity index (χ3v) is 7.34. The van der Waals surface area contributed by atoms with Crippen molar-refractivity contribution in [1.29, 1.82) is 0 Å². The number of carbonyl (C=O) groups is 2. The van der Waals surface area contributed by atoms with Gasteiger partial charge in [-0.15, -0.1) is 0 Å². The minimum Gasteiger partial charge on any atom is -0.373 e. The number of ketones is 1. The summed E-state index contributed by atoms with van der Waals surface area (Å²) in [7, 11) is -3.72. The van der Waals surface area contributed by atoms with E-state index in [1.165, 1.54) is 31.2 Å². The van der Waals surface area contributed by atoms with E-state index in [1.54, 1.807) is 0 Å². The van der Waals surface area contributed by atoms with Gasteiger partial charge in [0.05, 0.1) is 17.1 Å². The van der Waals surface area contributed by atoms with Gasteiger partial charge in [0, 0.05) is 50.7 Å². The molecule has 0 spiro atoms. The predicted octanol–water partition coefficient (Wildman–Crippen LogP) is 1.66. The highest BCUT2D eigenvalue weighted by molar-refractivity contribution is 7.89. The van der Waals surface area contributed by atoms with Crippen LogP contribution in [0.4, 0.5) is 0 Å². The number of likely N-dealkylation sites (tertiary alicyclic amines) is 1. The fourth-order valence-electron chi connectivity index (χ4n) is 4.47. The average molecular weight is 452 g/mol. The summed E-state index contributed by atoms with van der Waals surface area (Å²) < 4.78 is 33.2. The molecule has 9 heteroatoms. The lowest BCUT2D eigenvalue weighted by Gasteiger charge is -2.38. The Morgan fingerprint density at radius 2 is 1.77 bits per heavy atom. The fourth-order valence-corrected chi connectivity index (χ4v) is 5.51. The normalized spacial score (nSPS) is 25.0. The van der Waals surface area contributed by atoms with E-state index in [2.05, 4.69) is 23.5 Å². The van der Waals surface area contributed by atoms with Crippen molar-refractivity contribution >= 4 is 21.7 Å². The van der Waals surface area contributed by atoms with Crippen LogP contribution in [0.5, 0.6) is 0 Å². The van der Waals surface area contributed by atoms with Crippen LogP contribution in [0.15, 0.2) is 29.2 Å². The number of sulfonamides is 1. The van der Waals surface area contributed by atoms with Crippen LogP contribution in [0, 0.1) is 0 Å². The van der Waals surface area contributed by atoms with Crippen molar-refractivity contribution in [3.8, 4) is 0 Å². The lowest BCUT2D eigenvalue weighted by Crippen LogP contribution is -2.51. The van der Waals surface area contributed by atoms with Crippen molar-refractivity contribution in [3.05, 3.63) is 29.8 Å². The number of rotatable bonds is 8. The first-order valence-electron chi connectivity index (χ1n) is 10.9. The van der Waals surface area contributed by atoms with E-state index in [-0.39, 0.29) is 47.8 Å². The maximum atomic E-state index is 12.8. The molecular formula is C22H33N3O5S. The van der Waals surface area contributed by atoms with Crippen molar-refractivity contribution in [3.63, 3.8) is 0 Å². The maximum absolute atomic E-state index is 12.8. The molecule has 1 aromatic carbocycles. The van der Waals surface area contributed by atoms with Crippen molar-refractivity contribution in [2.75, 3.05) is 32.7 Å². The summed E-state index contributed by atoms with van der Waals surface area (Å²) in [5.41, 5.74) is 0.457. The summed E-state index contributed by atoms with van der Waals surface area (Å²) >= 11 is 0. The number of amides is 1. The fraction of sp³-hybridized carbons (Fsp3) is 0.636. The third kappa shape index (κ3) is 6.35. The Kier molecular flexibility index (Phi) is 7.85. The number of hydrogen-bond acceptors (Lipinski definition) is 6. The summed E-state index contributed by atoms with van der Waals surface area (Å²) in [5.74, 6) is -0.143. The standard InChI is InChI=1S/C22H33N3O5S/c1-16-13-24(14-17(2)30-16)15-20-5-4-12-25(20)22(27)10-11-23-31(28,29)21-8-6-19(7-9-21)18(3)26/h6-9,16-17,20,23H,4-5,10-15H2,1-3H3. The van der Waals surface area contributed by atoms with Gasteiger partial charge in [-0.25, -0.2) is 13.1 Å². The molecule has 1 N–H and O–H groups in total. The SMILES string of the molecule is CC(=O)c1ccc(S(=O)(=O)NCCC(=O)N2CCCC2CN2CC(C)OC(C)C2)cc1. The number of benzene rings is 1. The van der Waals surface area contributed by atoms with Crippen molar-refractivity contribution in [2.24, 2.45) is 0 Å². The molecule has 3 rings (SSSR count). The van der Waals surface area contributed by atoms with Gasteiger partial charge in [0.25, 0.3) is 0 Å². The molecule has 0 saturated carbocycles. The Bertz CT molecular complexity index is 877. The molecule has 3 atom stereocenters. The van der Waals surface area contributed by atoms with Crippen molar-refractivity contribution in [2.45, 2.75) is 63.2 Å². The van der Waals surface area contributed by atoms with Crippen LogP contribution in [0.3, 0.4) is 0 Å². The molecule has 2 aliphatic rings. The van der Waals surface area contributed by atoms with Gasteiger partial charge < -0.3 is 9.64 Å². The predicted molar refractivity (Wildman–Crippen MR) is 117 cm³/mol. The minimum absolute atomic E-state index is 0.0218. The Hall–Kier alpha value is -1.81. The molecule has 3 unspecified atom stereocenters. The Morgan fingerprint density at radius 3 is 2.39 bits per heavy atom. The molecule has 2 aliphatic heterocycles. The molecule has 0 aromatic heterocycles. The van der Waals surface area contributed by atoms with E-state index in [9.17, 15) is 18.0 Å². The maximum Gasteiger partial charge on any atom is 0.240 e. The first-order chi connectivity index (χ1) is 14.7. The van der Waals surface area contributed by atoms with Crippen LogP contribution in [-0.2, 0) is 19.6 Å². The third-order valence-electron chi connectivity index (χ3n) is 5.86. The van der Waals surface area contributed by atoms with Gasteiger partial charge in [-0.2, -0.15) is 0 Å². The second-order valence-corrected chi connectivity index (χ2v) is 10.4. The highest BCUT2D eigenvalue weighted by Gasteiger charge is 2.32. The molecule has 0 aliphatic carbocycles. The molecule has 2 heterocycles. The van der Waals surface area contributed by atoms with Crippen LogP contribution in [0.2, 0.25) is 0 Å². The van der Waals surface area contributed by atoms with Gasteiger partial charge >= 0.3 is 0 Å². The van der Waals surface area contributed by atoms with E-state index in [0.29, 0.717) is 5.56 Å². The number of nitrogens with zero attached hydrogens (tertiary/aromatic N) is 2. The van der Waals surface area contributed by atoms with Gasteiger partial charge in [-0.1, -0.05) is 12.1 Å². The van der Waals surface area contributed by atoms with E-state index in [0.717, 1.165) is 39.0 Å². The number of carbonyl (C=O) groups excluding carboxylic acids is 2. The van der Waals surface area contributed by atoms with Crippen molar-refractivity contribution in [1.82, 2.24) is 14.5 Å². The van der Waals surface area contributed by atoms with Gasteiger partial charge in [-0.05, 0) is 45.7 Å². The molecule has 2 fully saturated rings. The summed E-state index contributed by atoms with van der Waals surface area (Å²) in [4.78, 5) is 28.5. The number of nitrogens with one attached hydrogen (secondary N) is 1. The average Bonchev–Trinajstić information content (AvgIpc) is 3.15. The lowest BCUT2D eigenvalue weighted by molar-refractivity contribution is -0.132. The number of ether oxygens (including phenoxy) is 1. The number of hydrogen-bond donors (Lipinski definition) is 1. The second kappa shape index (κ2) is 10.2. The summed E-state index contributed by atoms with van der Waals surface area (Å²) in [6.45, 7) is 8.90. The van der Waals surface area contributed by atoms with Gasteiger partial charge in [0.2, 0.25) is 15.9 Å². The topological polar surface area (TPSA) is 96.0 Å². The number of morpholine rings is 1. The molecular weight excluding hydrogens is 418 g/mol. The van der Waals surface area contributed by atoms with Crippen LogP contribution in [0.25, 0.3) is 0 Å². The van der Waals surface area contributed by atoms with Crippen LogP contribution in [0.1, 0.15) is 50.4 Å². The lowest BCUT2D eigenvalue weighted by atomic mass is 10.1. The van der Waals surface area contributed by atoms with E-state index >= 15 is 0 Å². The van der Waals surface area contributed by atoms with Crippen LogP contribution in [-0.4, -0.2) is 80.9 Å². The Balaban J connectivity index is 1.50. The zero-order chi connectivity index (χ0) is 22.6. The highest BCUT2D eigenvalue weighted by atomic mass is 32.2. The van der Waals surface area contributed by atoms with E-state index in [4.69, 9.17) is 4.74 Å². The minimum atomic E-state index is -3.72.